The molecule has 3 heteroatoms. The molecular formula is C13H15NO2. The van der Waals surface area contributed by atoms with Crippen molar-refractivity contribution < 1.29 is 9.53 Å². The predicted molar refractivity (Wildman–Crippen MR) is 61.8 cm³/mol. The van der Waals surface area contributed by atoms with E-state index in [1.165, 1.54) is 11.6 Å². The Morgan fingerprint density at radius 2 is 2.06 bits per heavy atom. The van der Waals surface area contributed by atoms with Crippen LogP contribution in [0.5, 0.6) is 0 Å². The third-order valence-corrected chi connectivity index (χ3v) is 2.53. The van der Waals surface area contributed by atoms with E-state index in [0.717, 1.165) is 12.2 Å². The first-order chi connectivity index (χ1) is 7.79. The summed E-state index contributed by atoms with van der Waals surface area (Å²) in [6, 6.07) is 10.1. The lowest BCUT2D eigenvalue weighted by Gasteiger charge is -2.15. The molecule has 1 amide bonds. The summed E-state index contributed by atoms with van der Waals surface area (Å²) >= 11 is 0. The van der Waals surface area contributed by atoms with Crippen LogP contribution in [0.2, 0.25) is 0 Å². The van der Waals surface area contributed by atoms with Gasteiger partial charge in [0.15, 0.2) is 0 Å². The van der Waals surface area contributed by atoms with Gasteiger partial charge in [-0.2, -0.15) is 0 Å². The summed E-state index contributed by atoms with van der Waals surface area (Å²) in [5.41, 5.74) is 1.19. The molecule has 0 saturated carbocycles. The van der Waals surface area contributed by atoms with E-state index < -0.39 is 0 Å². The maximum absolute atomic E-state index is 11.3. The number of benzene rings is 1. The molecule has 1 N–H and O–H groups in total. The zero-order valence-corrected chi connectivity index (χ0v) is 9.27. The minimum atomic E-state index is -0.0654. The Balaban J connectivity index is 2.05. The Labute approximate surface area is 95.1 Å². The van der Waals surface area contributed by atoms with Crippen LogP contribution in [-0.2, 0) is 16.0 Å². The second-order valence-electron chi connectivity index (χ2n) is 3.73. The van der Waals surface area contributed by atoms with Crippen molar-refractivity contribution >= 4 is 5.91 Å². The maximum Gasteiger partial charge on any atom is 0.248 e. The third-order valence-electron chi connectivity index (χ3n) is 2.53. The molecule has 1 aliphatic rings. The first-order valence-electron chi connectivity index (χ1n) is 5.48. The van der Waals surface area contributed by atoms with Gasteiger partial charge in [0.1, 0.15) is 5.76 Å². The molecule has 0 spiro atoms. The van der Waals surface area contributed by atoms with Gasteiger partial charge in [0.05, 0.1) is 12.6 Å². The number of carbonyl (C=O) groups is 1. The number of rotatable bonds is 4. The van der Waals surface area contributed by atoms with Crippen molar-refractivity contribution in [1.29, 1.82) is 0 Å². The van der Waals surface area contributed by atoms with Gasteiger partial charge in [-0.15, -0.1) is 0 Å². The molecule has 84 valence electrons. The molecule has 1 unspecified atom stereocenters. The van der Waals surface area contributed by atoms with E-state index in [1.807, 2.05) is 37.3 Å². The van der Waals surface area contributed by atoms with Crippen molar-refractivity contribution in [3.63, 3.8) is 0 Å². The predicted octanol–water partition coefficient (Wildman–Crippen LogP) is 1.65. The molecule has 1 aromatic carbocycles. The first-order valence-corrected chi connectivity index (χ1v) is 5.48. The Bertz CT molecular complexity index is 398. The number of hydrogen-bond acceptors (Lipinski definition) is 2. The highest BCUT2D eigenvalue weighted by Gasteiger charge is 2.24. The molecule has 0 aromatic heterocycles. The molecule has 1 aliphatic heterocycles. The van der Waals surface area contributed by atoms with E-state index in [1.54, 1.807) is 0 Å². The van der Waals surface area contributed by atoms with Gasteiger partial charge < -0.3 is 10.1 Å². The van der Waals surface area contributed by atoms with E-state index in [4.69, 9.17) is 4.74 Å². The molecule has 16 heavy (non-hydrogen) atoms. The summed E-state index contributed by atoms with van der Waals surface area (Å²) in [5, 5.41) is 2.88. The first kappa shape index (κ1) is 10.7. The standard InChI is InChI=1S/C13H15NO2/c1-2-16-12-9-13(15)14-11(12)8-10-6-4-3-5-7-10/h3-7,9,11H,2,8H2,1H3,(H,14,15). The summed E-state index contributed by atoms with van der Waals surface area (Å²) in [6.07, 6.45) is 2.32. The highest BCUT2D eigenvalue weighted by Crippen LogP contribution is 2.15. The van der Waals surface area contributed by atoms with Crippen molar-refractivity contribution in [3.8, 4) is 0 Å². The summed E-state index contributed by atoms with van der Waals surface area (Å²) in [4.78, 5) is 11.3. The lowest BCUT2D eigenvalue weighted by Crippen LogP contribution is -2.31. The van der Waals surface area contributed by atoms with Gasteiger partial charge in [-0.25, -0.2) is 0 Å². The van der Waals surface area contributed by atoms with Crippen LogP contribution >= 0.6 is 0 Å². The number of hydrogen-bond donors (Lipinski definition) is 1. The second-order valence-corrected chi connectivity index (χ2v) is 3.73. The van der Waals surface area contributed by atoms with Crippen molar-refractivity contribution in [2.75, 3.05) is 6.61 Å². The van der Waals surface area contributed by atoms with Gasteiger partial charge in [-0.3, -0.25) is 4.79 Å². The van der Waals surface area contributed by atoms with Gasteiger partial charge in [0.2, 0.25) is 5.91 Å². The van der Waals surface area contributed by atoms with Crippen molar-refractivity contribution in [1.82, 2.24) is 5.32 Å². The van der Waals surface area contributed by atoms with Gasteiger partial charge in [0.25, 0.3) is 0 Å². The Morgan fingerprint density at radius 1 is 1.31 bits per heavy atom. The van der Waals surface area contributed by atoms with Crippen molar-refractivity contribution in [3.05, 3.63) is 47.7 Å². The summed E-state index contributed by atoms with van der Waals surface area (Å²) in [7, 11) is 0. The van der Waals surface area contributed by atoms with Crippen LogP contribution in [0.25, 0.3) is 0 Å². The van der Waals surface area contributed by atoms with Crippen LogP contribution in [0.4, 0.5) is 0 Å². The molecule has 3 nitrogen and oxygen atoms in total. The van der Waals surface area contributed by atoms with Crippen LogP contribution in [-0.4, -0.2) is 18.6 Å². The van der Waals surface area contributed by atoms with Gasteiger partial charge >= 0.3 is 0 Å². The van der Waals surface area contributed by atoms with E-state index in [2.05, 4.69) is 5.32 Å². The zero-order valence-electron chi connectivity index (χ0n) is 9.27. The summed E-state index contributed by atoms with van der Waals surface area (Å²) < 4.78 is 5.44. The Hall–Kier alpha value is -1.77. The fourth-order valence-corrected chi connectivity index (χ4v) is 1.82. The fourth-order valence-electron chi connectivity index (χ4n) is 1.82. The van der Waals surface area contributed by atoms with Crippen LogP contribution in [0.3, 0.4) is 0 Å². The molecule has 1 heterocycles. The molecule has 1 atom stereocenters. The quantitative estimate of drug-likeness (QED) is 0.832. The Morgan fingerprint density at radius 3 is 2.75 bits per heavy atom. The number of amides is 1. The minimum Gasteiger partial charge on any atom is -0.496 e. The van der Waals surface area contributed by atoms with E-state index in [9.17, 15) is 4.79 Å². The molecule has 0 aliphatic carbocycles. The lowest BCUT2D eigenvalue weighted by molar-refractivity contribution is -0.116. The zero-order chi connectivity index (χ0) is 11.4. The topological polar surface area (TPSA) is 38.3 Å². The van der Waals surface area contributed by atoms with Crippen LogP contribution in [0.1, 0.15) is 12.5 Å². The highest BCUT2D eigenvalue weighted by molar-refractivity contribution is 5.91. The molecule has 0 bridgehead atoms. The van der Waals surface area contributed by atoms with Crippen molar-refractivity contribution in [2.24, 2.45) is 0 Å². The molecule has 1 aromatic rings. The van der Waals surface area contributed by atoms with Crippen molar-refractivity contribution in [2.45, 2.75) is 19.4 Å². The van der Waals surface area contributed by atoms with Crippen LogP contribution in [0, 0.1) is 0 Å². The number of ether oxygens (including phenoxy) is 1. The highest BCUT2D eigenvalue weighted by atomic mass is 16.5. The molecule has 0 fully saturated rings. The minimum absolute atomic E-state index is 0.0187. The normalized spacial score (nSPS) is 19.2. The third kappa shape index (κ3) is 2.42. The SMILES string of the molecule is CCOC1=CC(=O)NC1Cc1ccccc1. The largest absolute Gasteiger partial charge is 0.496 e. The van der Waals surface area contributed by atoms with Gasteiger partial charge in [0, 0.05) is 6.08 Å². The van der Waals surface area contributed by atoms with E-state index in [0.29, 0.717) is 6.61 Å². The van der Waals surface area contributed by atoms with E-state index in [-0.39, 0.29) is 11.9 Å². The average molecular weight is 217 g/mol. The van der Waals surface area contributed by atoms with Gasteiger partial charge in [-0.05, 0) is 18.9 Å². The molecule has 0 radical (unpaired) electrons. The fraction of sp³-hybridized carbons (Fsp3) is 0.308. The monoisotopic (exact) mass is 217 g/mol. The second kappa shape index (κ2) is 4.84. The number of nitrogens with one attached hydrogen (secondary N) is 1. The number of carbonyl (C=O) groups excluding carboxylic acids is 1. The van der Waals surface area contributed by atoms with E-state index >= 15 is 0 Å². The van der Waals surface area contributed by atoms with Gasteiger partial charge in [-0.1, -0.05) is 30.3 Å². The maximum atomic E-state index is 11.3. The van der Waals surface area contributed by atoms with Crippen LogP contribution in [0.15, 0.2) is 42.2 Å². The summed E-state index contributed by atoms with van der Waals surface area (Å²) in [6.45, 7) is 2.51. The summed E-state index contributed by atoms with van der Waals surface area (Å²) in [5.74, 6) is 0.681. The smallest absolute Gasteiger partial charge is 0.248 e. The molecule has 0 saturated heterocycles. The molecule has 2 rings (SSSR count). The lowest BCUT2D eigenvalue weighted by atomic mass is 10.1. The molecular weight excluding hydrogens is 202 g/mol. The Kier molecular flexibility index (Phi) is 3.25. The average Bonchev–Trinajstić information content (AvgIpc) is 2.61. The van der Waals surface area contributed by atoms with Crippen LogP contribution < -0.4 is 5.32 Å².